The van der Waals surface area contributed by atoms with Crippen molar-refractivity contribution in [3.8, 4) is 0 Å². The van der Waals surface area contributed by atoms with Crippen LogP contribution in [0.5, 0.6) is 0 Å². The van der Waals surface area contributed by atoms with E-state index in [0.29, 0.717) is 0 Å². The lowest BCUT2D eigenvalue weighted by molar-refractivity contribution is -0.384. The first-order valence-corrected chi connectivity index (χ1v) is 4.40. The Morgan fingerprint density at radius 1 is 1.59 bits per heavy atom. The lowest BCUT2D eigenvalue weighted by Gasteiger charge is -2.15. The number of anilines is 1. The van der Waals surface area contributed by atoms with Gasteiger partial charge in [0.25, 0.3) is 0 Å². The van der Waals surface area contributed by atoms with Gasteiger partial charge in [0.15, 0.2) is 6.10 Å². The fourth-order valence-electron chi connectivity index (χ4n) is 0.989. The van der Waals surface area contributed by atoms with E-state index >= 15 is 0 Å². The third kappa shape index (κ3) is 3.55. The van der Waals surface area contributed by atoms with Crippen molar-refractivity contribution in [2.24, 2.45) is 0 Å². The zero-order valence-corrected chi connectivity index (χ0v) is 8.31. The third-order valence-corrected chi connectivity index (χ3v) is 1.82. The standard InChI is InChI=1S/C8H8F3N3O3/c9-8(10,11)6(15)4-13-7-5(14(16)17)2-1-3-12-7/h1-3,6,15H,4H2,(H,12,13). The van der Waals surface area contributed by atoms with Crippen LogP contribution >= 0.6 is 0 Å². The smallest absolute Gasteiger partial charge is 0.382 e. The monoisotopic (exact) mass is 251 g/mol. The average molecular weight is 251 g/mol. The fourth-order valence-corrected chi connectivity index (χ4v) is 0.989. The van der Waals surface area contributed by atoms with Gasteiger partial charge in [0, 0.05) is 12.3 Å². The predicted octanol–water partition coefficient (Wildman–Crippen LogP) is 1.32. The Labute approximate surface area is 93.2 Å². The van der Waals surface area contributed by atoms with E-state index in [9.17, 15) is 23.3 Å². The number of nitrogens with zero attached hydrogens (tertiary/aromatic N) is 2. The minimum Gasteiger partial charge on any atom is -0.382 e. The molecule has 0 aliphatic rings. The fraction of sp³-hybridized carbons (Fsp3) is 0.375. The molecule has 0 spiro atoms. The summed E-state index contributed by atoms with van der Waals surface area (Å²) in [6.45, 7) is -0.901. The van der Waals surface area contributed by atoms with Crippen molar-refractivity contribution >= 4 is 11.5 Å². The van der Waals surface area contributed by atoms with E-state index in [1.165, 1.54) is 12.3 Å². The van der Waals surface area contributed by atoms with Crippen molar-refractivity contribution in [1.29, 1.82) is 0 Å². The molecule has 0 amide bonds. The summed E-state index contributed by atoms with van der Waals surface area (Å²) in [7, 11) is 0. The first-order chi connectivity index (χ1) is 7.82. The Bertz CT molecular complexity index is 410. The highest BCUT2D eigenvalue weighted by Gasteiger charge is 2.38. The number of pyridine rings is 1. The summed E-state index contributed by atoms with van der Waals surface area (Å²) in [6.07, 6.45) is -6.20. The minimum absolute atomic E-state index is 0.319. The summed E-state index contributed by atoms with van der Waals surface area (Å²) in [4.78, 5) is 13.2. The predicted molar refractivity (Wildman–Crippen MR) is 51.4 cm³/mol. The molecular weight excluding hydrogens is 243 g/mol. The van der Waals surface area contributed by atoms with Crippen LogP contribution in [0.15, 0.2) is 18.3 Å². The Kier molecular flexibility index (Phi) is 3.84. The SMILES string of the molecule is O=[N+]([O-])c1cccnc1NCC(O)C(F)(F)F. The number of nitro groups is 1. The van der Waals surface area contributed by atoms with E-state index in [1.807, 2.05) is 0 Å². The van der Waals surface area contributed by atoms with Gasteiger partial charge in [-0.3, -0.25) is 10.1 Å². The number of rotatable bonds is 4. The topological polar surface area (TPSA) is 88.3 Å². The van der Waals surface area contributed by atoms with Gasteiger partial charge in [-0.2, -0.15) is 13.2 Å². The highest BCUT2D eigenvalue weighted by atomic mass is 19.4. The summed E-state index contributed by atoms with van der Waals surface area (Å²) in [5.74, 6) is -0.319. The van der Waals surface area contributed by atoms with Crippen molar-refractivity contribution in [1.82, 2.24) is 4.98 Å². The first kappa shape index (κ1) is 13.2. The number of alkyl halides is 3. The molecule has 1 aromatic rings. The second-order valence-corrected chi connectivity index (χ2v) is 3.07. The normalized spacial score (nSPS) is 13.2. The summed E-state index contributed by atoms with van der Waals surface area (Å²) in [5.41, 5.74) is -0.457. The van der Waals surface area contributed by atoms with Crippen molar-refractivity contribution in [2.75, 3.05) is 11.9 Å². The summed E-state index contributed by atoms with van der Waals surface area (Å²) in [5, 5.41) is 21.3. The molecule has 6 nitrogen and oxygen atoms in total. The summed E-state index contributed by atoms with van der Waals surface area (Å²) < 4.78 is 35.9. The number of hydrogen-bond donors (Lipinski definition) is 2. The minimum atomic E-state index is -4.78. The molecule has 94 valence electrons. The van der Waals surface area contributed by atoms with E-state index in [2.05, 4.69) is 10.3 Å². The number of aliphatic hydroxyl groups excluding tert-OH is 1. The molecule has 0 radical (unpaired) electrons. The second-order valence-electron chi connectivity index (χ2n) is 3.07. The van der Waals surface area contributed by atoms with Gasteiger partial charge >= 0.3 is 11.9 Å². The highest BCUT2D eigenvalue weighted by molar-refractivity contribution is 5.55. The molecule has 9 heteroatoms. The van der Waals surface area contributed by atoms with Crippen LogP contribution in [0.1, 0.15) is 0 Å². The Morgan fingerprint density at radius 3 is 2.76 bits per heavy atom. The summed E-state index contributed by atoms with van der Waals surface area (Å²) in [6, 6.07) is 2.37. The van der Waals surface area contributed by atoms with Crippen molar-refractivity contribution in [3.05, 3.63) is 28.4 Å². The van der Waals surface area contributed by atoms with Gasteiger partial charge in [0.2, 0.25) is 5.82 Å². The molecule has 0 aliphatic heterocycles. The number of aliphatic hydroxyl groups is 1. The number of nitrogens with one attached hydrogen (secondary N) is 1. The van der Waals surface area contributed by atoms with Gasteiger partial charge < -0.3 is 10.4 Å². The van der Waals surface area contributed by atoms with Crippen LogP contribution in [-0.4, -0.2) is 33.8 Å². The molecule has 1 aromatic heterocycles. The van der Waals surface area contributed by atoms with E-state index in [4.69, 9.17) is 5.11 Å². The van der Waals surface area contributed by atoms with Crippen LogP contribution in [0.3, 0.4) is 0 Å². The lowest BCUT2D eigenvalue weighted by atomic mass is 10.3. The Hall–Kier alpha value is -1.90. The van der Waals surface area contributed by atoms with Crippen LogP contribution in [0.25, 0.3) is 0 Å². The molecule has 0 aliphatic carbocycles. The third-order valence-electron chi connectivity index (χ3n) is 1.82. The van der Waals surface area contributed by atoms with Crippen LogP contribution in [0.4, 0.5) is 24.7 Å². The molecule has 0 aromatic carbocycles. The molecule has 1 rings (SSSR count). The quantitative estimate of drug-likeness (QED) is 0.622. The molecule has 1 atom stereocenters. The zero-order chi connectivity index (χ0) is 13.1. The molecule has 1 unspecified atom stereocenters. The second kappa shape index (κ2) is 4.95. The van der Waals surface area contributed by atoms with E-state index < -0.39 is 29.4 Å². The van der Waals surface area contributed by atoms with Crippen LogP contribution in [-0.2, 0) is 0 Å². The largest absolute Gasteiger partial charge is 0.416 e. The number of halogens is 3. The van der Waals surface area contributed by atoms with Gasteiger partial charge in [-0.25, -0.2) is 4.98 Å². The molecule has 2 N–H and O–H groups in total. The first-order valence-electron chi connectivity index (χ1n) is 4.40. The molecule has 0 saturated heterocycles. The molecule has 0 saturated carbocycles. The number of aromatic nitrogens is 1. The Morgan fingerprint density at radius 2 is 2.24 bits per heavy atom. The van der Waals surface area contributed by atoms with E-state index in [1.54, 1.807) is 0 Å². The van der Waals surface area contributed by atoms with Gasteiger partial charge in [-0.1, -0.05) is 0 Å². The lowest BCUT2D eigenvalue weighted by Crippen LogP contribution is -2.35. The van der Waals surface area contributed by atoms with E-state index in [0.717, 1.165) is 6.07 Å². The molecule has 0 bridgehead atoms. The highest BCUT2D eigenvalue weighted by Crippen LogP contribution is 2.23. The maximum atomic E-state index is 12.0. The van der Waals surface area contributed by atoms with Gasteiger partial charge in [0.1, 0.15) is 0 Å². The molecule has 0 fully saturated rings. The molecule has 1 heterocycles. The van der Waals surface area contributed by atoms with Crippen LogP contribution in [0.2, 0.25) is 0 Å². The van der Waals surface area contributed by atoms with E-state index in [-0.39, 0.29) is 5.82 Å². The van der Waals surface area contributed by atoms with Crippen LogP contribution < -0.4 is 5.32 Å². The maximum absolute atomic E-state index is 12.0. The van der Waals surface area contributed by atoms with Gasteiger partial charge in [-0.05, 0) is 6.07 Å². The summed E-state index contributed by atoms with van der Waals surface area (Å²) >= 11 is 0. The number of hydrogen-bond acceptors (Lipinski definition) is 5. The molecular formula is C8H8F3N3O3. The van der Waals surface area contributed by atoms with Crippen molar-refractivity contribution in [3.63, 3.8) is 0 Å². The average Bonchev–Trinajstić information content (AvgIpc) is 2.24. The van der Waals surface area contributed by atoms with Crippen molar-refractivity contribution < 1.29 is 23.2 Å². The van der Waals surface area contributed by atoms with Crippen LogP contribution in [0, 0.1) is 10.1 Å². The Balaban J connectivity index is 2.73. The zero-order valence-electron chi connectivity index (χ0n) is 8.31. The van der Waals surface area contributed by atoms with Gasteiger partial charge in [-0.15, -0.1) is 0 Å². The molecule has 17 heavy (non-hydrogen) atoms. The maximum Gasteiger partial charge on any atom is 0.416 e. The van der Waals surface area contributed by atoms with Crippen molar-refractivity contribution in [2.45, 2.75) is 12.3 Å². The van der Waals surface area contributed by atoms with Gasteiger partial charge in [0.05, 0.1) is 11.5 Å².